The van der Waals surface area contributed by atoms with Crippen LogP contribution in [0.4, 0.5) is 0 Å². The molecule has 0 heterocycles. The average Bonchev–Trinajstić information content (AvgIpc) is 2.56. The van der Waals surface area contributed by atoms with E-state index < -0.39 is 11.4 Å². The Kier molecular flexibility index (Phi) is 4.02. The van der Waals surface area contributed by atoms with Crippen LogP contribution in [0.5, 0.6) is 11.5 Å². The molecule has 0 spiro atoms. The number of hydrogen-bond acceptors (Lipinski definition) is 3. The molecule has 1 aromatic rings. The Morgan fingerprint density at radius 2 is 1.73 bits per heavy atom. The van der Waals surface area contributed by atoms with Crippen LogP contribution in [0.15, 0.2) is 6.07 Å². The largest absolute Gasteiger partial charge is 0.507 e. The minimum absolute atomic E-state index is 0.208. The van der Waals surface area contributed by atoms with Crippen LogP contribution in [0.3, 0.4) is 0 Å². The lowest BCUT2D eigenvalue weighted by molar-refractivity contribution is -0.145. The van der Waals surface area contributed by atoms with Gasteiger partial charge in [-0.3, -0.25) is 4.79 Å². The predicted molar refractivity (Wildman–Crippen MR) is 83.7 cm³/mol. The minimum atomic E-state index is -0.956. The van der Waals surface area contributed by atoms with Crippen molar-refractivity contribution in [2.75, 3.05) is 7.11 Å². The Balaban J connectivity index is 2.19. The monoisotopic (exact) mass is 304 g/mol. The molecule has 3 rings (SSSR count). The fourth-order valence-electron chi connectivity index (χ4n) is 4.19. The zero-order chi connectivity index (χ0) is 15.7. The molecule has 0 aliphatic heterocycles. The van der Waals surface area contributed by atoms with E-state index in [9.17, 15) is 15.0 Å². The molecule has 0 unspecified atom stereocenters. The highest BCUT2D eigenvalue weighted by molar-refractivity contribution is 5.83. The molecule has 4 nitrogen and oxygen atoms in total. The lowest BCUT2D eigenvalue weighted by atomic mass is 9.68. The van der Waals surface area contributed by atoms with Gasteiger partial charge >= 0.3 is 5.97 Å². The second kappa shape index (κ2) is 5.82. The first-order chi connectivity index (χ1) is 10.6. The van der Waals surface area contributed by atoms with E-state index in [-0.39, 0.29) is 5.75 Å². The zero-order valence-corrected chi connectivity index (χ0v) is 13.2. The molecule has 0 saturated heterocycles. The van der Waals surface area contributed by atoms with Crippen LogP contribution in [0.2, 0.25) is 0 Å². The van der Waals surface area contributed by atoms with Crippen molar-refractivity contribution in [2.45, 2.75) is 63.2 Å². The van der Waals surface area contributed by atoms with Crippen molar-refractivity contribution in [3.63, 3.8) is 0 Å². The number of carboxylic acid groups (broad SMARTS) is 1. The van der Waals surface area contributed by atoms with E-state index in [1.807, 2.05) is 0 Å². The molecule has 2 aliphatic carbocycles. The number of methoxy groups -OCH3 is 1. The standard InChI is InChI=1S/C18H24O4/c1-22-15-11-14(16(19)13-8-4-3-7-12(13)15)18(17(20)21)9-5-2-6-10-18/h11,19H,2-10H2,1H3,(H,20,21). The number of hydrogen-bond donors (Lipinski definition) is 2. The first kappa shape index (κ1) is 15.2. The molecule has 4 heteroatoms. The number of aliphatic carboxylic acids is 1. The van der Waals surface area contributed by atoms with Gasteiger partial charge in [-0.1, -0.05) is 19.3 Å². The van der Waals surface area contributed by atoms with Gasteiger partial charge in [-0.2, -0.15) is 0 Å². The van der Waals surface area contributed by atoms with Crippen molar-refractivity contribution in [2.24, 2.45) is 0 Å². The highest BCUT2D eigenvalue weighted by atomic mass is 16.5. The number of rotatable bonds is 3. The van der Waals surface area contributed by atoms with Crippen LogP contribution in [-0.4, -0.2) is 23.3 Å². The van der Waals surface area contributed by atoms with E-state index in [1.165, 1.54) is 0 Å². The molecule has 22 heavy (non-hydrogen) atoms. The summed E-state index contributed by atoms with van der Waals surface area (Å²) in [6.45, 7) is 0. The number of phenolic OH excluding ortho intramolecular Hbond substituents is 1. The summed E-state index contributed by atoms with van der Waals surface area (Å²) in [6.07, 6.45) is 7.87. The topological polar surface area (TPSA) is 66.8 Å². The summed E-state index contributed by atoms with van der Waals surface area (Å²) in [5.74, 6) is 0.133. The van der Waals surface area contributed by atoms with Crippen molar-refractivity contribution in [3.8, 4) is 11.5 Å². The first-order valence-electron chi connectivity index (χ1n) is 8.26. The van der Waals surface area contributed by atoms with Crippen molar-refractivity contribution in [1.29, 1.82) is 0 Å². The van der Waals surface area contributed by atoms with Gasteiger partial charge in [0, 0.05) is 16.7 Å². The third-order valence-corrected chi connectivity index (χ3v) is 5.43. The maximum absolute atomic E-state index is 12.0. The quantitative estimate of drug-likeness (QED) is 0.896. The summed E-state index contributed by atoms with van der Waals surface area (Å²) in [5.41, 5.74) is 1.58. The van der Waals surface area contributed by atoms with Gasteiger partial charge in [-0.05, 0) is 44.6 Å². The van der Waals surface area contributed by atoms with Crippen molar-refractivity contribution in [1.82, 2.24) is 0 Å². The summed E-state index contributed by atoms with van der Waals surface area (Å²) >= 11 is 0. The van der Waals surface area contributed by atoms with Gasteiger partial charge in [0.25, 0.3) is 0 Å². The van der Waals surface area contributed by atoms with Crippen LogP contribution in [0.25, 0.3) is 0 Å². The Hall–Kier alpha value is -1.71. The fourth-order valence-corrected chi connectivity index (χ4v) is 4.19. The predicted octanol–water partition coefficient (Wildman–Crippen LogP) is 3.57. The molecule has 1 fully saturated rings. The molecule has 120 valence electrons. The number of ether oxygens (including phenoxy) is 1. The lowest BCUT2D eigenvalue weighted by Gasteiger charge is -2.35. The summed E-state index contributed by atoms with van der Waals surface area (Å²) in [5, 5.41) is 20.7. The molecule has 0 amide bonds. The van der Waals surface area contributed by atoms with Gasteiger partial charge in [0.2, 0.25) is 0 Å². The van der Waals surface area contributed by atoms with E-state index in [4.69, 9.17) is 4.74 Å². The molecular formula is C18H24O4. The van der Waals surface area contributed by atoms with Gasteiger partial charge in [0.1, 0.15) is 11.5 Å². The normalized spacial score (nSPS) is 20.2. The second-order valence-corrected chi connectivity index (χ2v) is 6.59. The molecule has 2 N–H and O–H groups in total. The number of phenols is 1. The molecule has 1 aromatic carbocycles. The van der Waals surface area contributed by atoms with Gasteiger partial charge in [0.15, 0.2) is 0 Å². The van der Waals surface area contributed by atoms with E-state index in [0.717, 1.165) is 61.8 Å². The third-order valence-electron chi connectivity index (χ3n) is 5.43. The van der Waals surface area contributed by atoms with Crippen molar-refractivity contribution >= 4 is 5.97 Å². The smallest absolute Gasteiger partial charge is 0.314 e. The molecule has 0 aromatic heterocycles. The van der Waals surface area contributed by atoms with Gasteiger partial charge < -0.3 is 14.9 Å². The lowest BCUT2D eigenvalue weighted by Crippen LogP contribution is -2.38. The summed E-state index contributed by atoms with van der Waals surface area (Å²) in [4.78, 5) is 12.0. The second-order valence-electron chi connectivity index (χ2n) is 6.59. The summed E-state index contributed by atoms with van der Waals surface area (Å²) in [7, 11) is 1.62. The van der Waals surface area contributed by atoms with Crippen LogP contribution in [0, 0.1) is 0 Å². The Morgan fingerprint density at radius 3 is 2.32 bits per heavy atom. The maximum Gasteiger partial charge on any atom is 0.314 e. The zero-order valence-electron chi connectivity index (χ0n) is 13.2. The van der Waals surface area contributed by atoms with Crippen molar-refractivity contribution in [3.05, 3.63) is 22.8 Å². The number of benzene rings is 1. The summed E-state index contributed by atoms with van der Waals surface area (Å²) in [6, 6.07) is 1.79. The molecule has 0 radical (unpaired) electrons. The van der Waals surface area contributed by atoms with Gasteiger partial charge in [-0.25, -0.2) is 0 Å². The maximum atomic E-state index is 12.0. The van der Waals surface area contributed by atoms with E-state index >= 15 is 0 Å². The Morgan fingerprint density at radius 1 is 1.09 bits per heavy atom. The highest BCUT2D eigenvalue weighted by Crippen LogP contribution is 2.48. The third kappa shape index (κ3) is 2.25. The van der Waals surface area contributed by atoms with E-state index in [0.29, 0.717) is 18.4 Å². The SMILES string of the molecule is COc1cc(C2(C(=O)O)CCCCC2)c(O)c2c1CCCC2. The molecule has 1 saturated carbocycles. The highest BCUT2D eigenvalue weighted by Gasteiger charge is 2.44. The van der Waals surface area contributed by atoms with Crippen LogP contribution in [-0.2, 0) is 23.1 Å². The molecule has 0 atom stereocenters. The van der Waals surface area contributed by atoms with Crippen LogP contribution >= 0.6 is 0 Å². The van der Waals surface area contributed by atoms with Gasteiger partial charge in [0.05, 0.1) is 12.5 Å². The van der Waals surface area contributed by atoms with E-state index in [2.05, 4.69) is 0 Å². The molecule has 0 bridgehead atoms. The number of carbonyl (C=O) groups is 1. The van der Waals surface area contributed by atoms with Crippen molar-refractivity contribution < 1.29 is 19.7 Å². The van der Waals surface area contributed by atoms with Crippen LogP contribution in [0.1, 0.15) is 61.6 Å². The van der Waals surface area contributed by atoms with Crippen LogP contribution < -0.4 is 4.74 Å². The Bertz CT molecular complexity index is 585. The number of fused-ring (bicyclic) bond motifs is 1. The Labute approximate surface area is 131 Å². The number of carboxylic acids is 1. The van der Waals surface area contributed by atoms with Gasteiger partial charge in [-0.15, -0.1) is 0 Å². The summed E-state index contributed by atoms with van der Waals surface area (Å²) < 4.78 is 5.52. The minimum Gasteiger partial charge on any atom is -0.507 e. The average molecular weight is 304 g/mol. The van der Waals surface area contributed by atoms with E-state index in [1.54, 1.807) is 13.2 Å². The number of aromatic hydroxyl groups is 1. The fraction of sp³-hybridized carbons (Fsp3) is 0.611. The first-order valence-corrected chi connectivity index (χ1v) is 8.26. The molecule has 2 aliphatic rings. The molecular weight excluding hydrogens is 280 g/mol.